The Labute approximate surface area is 767 Å². The molecule has 52 heteroatoms. The van der Waals surface area contributed by atoms with Crippen LogP contribution in [-0.2, 0) is 104 Å². The molecule has 0 aliphatic rings. The second kappa shape index (κ2) is 59.9. The molecule has 0 saturated carbocycles. The lowest BCUT2D eigenvalue weighted by Crippen LogP contribution is -2.61. The van der Waals surface area contributed by atoms with Crippen LogP contribution in [0.4, 0.5) is 0 Å². The lowest BCUT2D eigenvalue weighted by molar-refractivity contribution is -0.141. The van der Waals surface area contributed by atoms with Crippen LogP contribution in [0.1, 0.15) is 145 Å². The number of hydrogen-bond acceptors (Lipinski definition) is 27. The summed E-state index contributed by atoms with van der Waals surface area (Å²) in [7, 11) is 0. The number of rotatable bonds is 60. The number of guanidine groups is 3. The number of aliphatic carboxylic acids is 1. The summed E-state index contributed by atoms with van der Waals surface area (Å²) in [5, 5.41) is 119. The van der Waals surface area contributed by atoms with Crippen LogP contribution < -0.4 is 135 Å². The van der Waals surface area contributed by atoms with Gasteiger partial charge in [0.2, 0.25) is 106 Å². The summed E-state index contributed by atoms with van der Waals surface area (Å²) in [5.74, 6) is -23.6. The normalized spacial score (nSPS) is 15.1. The second-order valence-corrected chi connectivity index (χ2v) is 31.3. The zero-order valence-electron chi connectivity index (χ0n) is 74.9. The van der Waals surface area contributed by atoms with Crippen molar-refractivity contribution < 1.29 is 117 Å². The number of carbonyl (C=O) groups excluding carboxylic acids is 18. The molecule has 2 aromatic rings. The van der Waals surface area contributed by atoms with Gasteiger partial charge in [-0.05, 0) is 108 Å². The van der Waals surface area contributed by atoms with Crippen molar-refractivity contribution in [3.63, 3.8) is 0 Å². The highest BCUT2D eigenvalue weighted by atomic mass is 16.4. The number of benzene rings is 2. The van der Waals surface area contributed by atoms with Gasteiger partial charge in [0.15, 0.2) is 17.9 Å². The molecule has 0 spiro atoms. The molecule has 0 aliphatic heterocycles. The Kier molecular flexibility index (Phi) is 52.6. The molecule has 0 aromatic heterocycles. The number of carboxylic acid groups (broad SMARTS) is 1. The number of aliphatic hydroxyl groups excluding tert-OH is 3. The fraction of sp³-hybridized carbons (Fsp3) is 0.580. The minimum atomic E-state index is -1.94. The molecule has 0 bridgehead atoms. The Morgan fingerprint density at radius 2 is 0.699 bits per heavy atom. The van der Waals surface area contributed by atoms with Crippen molar-refractivity contribution >= 4 is 130 Å². The van der Waals surface area contributed by atoms with Crippen LogP contribution in [0.25, 0.3) is 0 Å². The summed E-state index contributed by atoms with van der Waals surface area (Å²) in [5.41, 5.74) is 33.9. The zero-order chi connectivity index (χ0) is 99.9. The number of aliphatic hydroxyl groups is 3. The maximum absolute atomic E-state index is 14.5. The Morgan fingerprint density at radius 1 is 0.361 bits per heavy atom. The first-order chi connectivity index (χ1) is 61.9. The molecule has 18 amide bonds. The Hall–Kier alpha value is -14.2. The van der Waals surface area contributed by atoms with E-state index in [0.29, 0.717) is 17.5 Å². The number of primary amides is 2. The van der Waals surface area contributed by atoms with Crippen molar-refractivity contribution in [1.29, 1.82) is 16.2 Å². The van der Waals surface area contributed by atoms with Gasteiger partial charge < -0.3 is 161 Å². The smallest absolute Gasteiger partial charge is 0.305 e. The van der Waals surface area contributed by atoms with Gasteiger partial charge in [-0.3, -0.25) is 107 Å². The molecular formula is C81H134N28O24. The molecule has 0 aliphatic carbocycles. The molecule has 0 radical (unpaired) electrons. The summed E-state index contributed by atoms with van der Waals surface area (Å²) >= 11 is 0. The fourth-order valence-corrected chi connectivity index (χ4v) is 12.2. The van der Waals surface area contributed by atoms with Gasteiger partial charge in [0.1, 0.15) is 96.4 Å². The summed E-state index contributed by atoms with van der Waals surface area (Å²) in [6, 6.07) is -10.6. The maximum Gasteiger partial charge on any atom is 0.305 e. The van der Waals surface area contributed by atoms with E-state index in [1.165, 1.54) is 45.0 Å². The SMILES string of the molecule is C.CC[C@H](C)[C@H](NC(=O)[C@H](C)NC(=O)[C@H](CC(N)=O)NC(=O)[C@H](CCCNC(=N)N)NC(=O)[C@H](CCCNC(=N)N)NC(=O)CNC(=O)[C@@H](NC(=O)[C@H](CCCNC(=N)N)NC(=O)CNC(=O)[C@H](CO)NC(=O)[C@H](C)NC(=O)[C@@H](NC(=O)[C@H](Cc1ccccc1)NC(=O)[C@H](CC(=O)O)NC(=O)[C@H](C)NC(=O)[C@H](Cc1ccc(O)cc1)NC(=O)[C@@H](N)[C@@H](C)O)[C@@H](C)CC)[C@@H](C)O)C(N)=O. The van der Waals surface area contributed by atoms with Gasteiger partial charge in [0, 0.05) is 32.5 Å². The topological polar surface area (TPSA) is 882 Å². The molecule has 2 rings (SSSR count). The third kappa shape index (κ3) is 44.3. The quantitative estimate of drug-likeness (QED) is 0.0166. The third-order valence-corrected chi connectivity index (χ3v) is 20.3. The number of amides is 18. The Balaban J connectivity index is 0.0000884. The minimum absolute atomic E-state index is 0. The second-order valence-electron chi connectivity index (χ2n) is 31.3. The van der Waals surface area contributed by atoms with Crippen molar-refractivity contribution in [2.45, 2.75) is 250 Å². The largest absolute Gasteiger partial charge is 0.508 e. The van der Waals surface area contributed by atoms with E-state index in [0.717, 1.165) is 13.8 Å². The molecule has 19 atom stereocenters. The maximum atomic E-state index is 14.5. The van der Waals surface area contributed by atoms with E-state index in [9.17, 15) is 117 Å². The summed E-state index contributed by atoms with van der Waals surface area (Å²) in [6.45, 7) is 9.19. The van der Waals surface area contributed by atoms with Gasteiger partial charge in [-0.1, -0.05) is 90.4 Å². The summed E-state index contributed by atoms with van der Waals surface area (Å²) in [6.07, 6.45) is -5.85. The first-order valence-electron chi connectivity index (χ1n) is 42.3. The van der Waals surface area contributed by atoms with Crippen LogP contribution in [-0.4, -0.2) is 298 Å². The van der Waals surface area contributed by atoms with E-state index in [1.807, 2.05) is 0 Å². The molecule has 52 nitrogen and oxygen atoms in total. The number of carboxylic acids is 1. The average molecular weight is 1880 g/mol. The lowest BCUT2D eigenvalue weighted by atomic mass is 9.96. The minimum Gasteiger partial charge on any atom is -0.508 e. The Morgan fingerprint density at radius 3 is 1.12 bits per heavy atom. The van der Waals surface area contributed by atoms with Crippen molar-refractivity contribution in [1.82, 2.24) is 101 Å². The molecular weight excluding hydrogens is 1750 g/mol. The van der Waals surface area contributed by atoms with Crippen molar-refractivity contribution in [2.75, 3.05) is 39.3 Å². The van der Waals surface area contributed by atoms with Gasteiger partial charge in [0.25, 0.3) is 0 Å². The zero-order valence-corrected chi connectivity index (χ0v) is 74.9. The van der Waals surface area contributed by atoms with Gasteiger partial charge in [-0.25, -0.2) is 0 Å². The number of phenols is 1. The van der Waals surface area contributed by atoms with Gasteiger partial charge in [0.05, 0.1) is 44.7 Å². The number of hydrogen-bond donors (Lipinski definition) is 33. The molecule has 0 fully saturated rings. The first-order valence-corrected chi connectivity index (χ1v) is 42.3. The molecule has 0 heterocycles. The van der Waals surface area contributed by atoms with E-state index < -0.39 is 277 Å². The van der Waals surface area contributed by atoms with Crippen molar-refractivity contribution in [3.8, 4) is 5.75 Å². The molecule has 39 N–H and O–H groups in total. The highest BCUT2D eigenvalue weighted by Crippen LogP contribution is 2.16. The molecule has 0 saturated heterocycles. The van der Waals surface area contributed by atoms with Crippen LogP contribution in [0.5, 0.6) is 5.75 Å². The van der Waals surface area contributed by atoms with E-state index in [-0.39, 0.29) is 90.6 Å². The van der Waals surface area contributed by atoms with Crippen LogP contribution in [0.3, 0.4) is 0 Å². The number of nitrogens with two attached hydrogens (primary N) is 6. The predicted octanol–water partition coefficient (Wildman–Crippen LogP) is -11.3. The van der Waals surface area contributed by atoms with Crippen LogP contribution in [0, 0.1) is 28.1 Å². The summed E-state index contributed by atoms with van der Waals surface area (Å²) in [4.78, 5) is 258. The molecule has 0 unspecified atom stereocenters. The third-order valence-electron chi connectivity index (χ3n) is 20.3. The molecule has 133 heavy (non-hydrogen) atoms. The number of nitrogens with one attached hydrogen (secondary N) is 22. The molecule has 2 aromatic carbocycles. The highest BCUT2D eigenvalue weighted by molar-refractivity contribution is 6.02. The first kappa shape index (κ1) is 117. The van der Waals surface area contributed by atoms with Crippen LogP contribution in [0.15, 0.2) is 54.6 Å². The average Bonchev–Trinajstić information content (AvgIpc) is 0.815. The van der Waals surface area contributed by atoms with E-state index >= 15 is 0 Å². The van der Waals surface area contributed by atoms with E-state index in [1.54, 1.807) is 58.0 Å². The van der Waals surface area contributed by atoms with Crippen molar-refractivity contribution in [3.05, 3.63) is 65.7 Å². The number of aromatic hydroxyl groups is 1. The fourth-order valence-electron chi connectivity index (χ4n) is 12.2. The van der Waals surface area contributed by atoms with Crippen LogP contribution in [0.2, 0.25) is 0 Å². The van der Waals surface area contributed by atoms with Crippen LogP contribution >= 0.6 is 0 Å². The van der Waals surface area contributed by atoms with Gasteiger partial charge >= 0.3 is 5.97 Å². The van der Waals surface area contributed by atoms with E-state index in [4.69, 9.17) is 50.6 Å². The van der Waals surface area contributed by atoms with Gasteiger partial charge in [-0.2, -0.15) is 0 Å². The predicted molar refractivity (Wildman–Crippen MR) is 479 cm³/mol. The lowest BCUT2D eigenvalue weighted by Gasteiger charge is -2.29. The van der Waals surface area contributed by atoms with Crippen molar-refractivity contribution in [2.24, 2.45) is 46.2 Å². The standard InChI is InChI=1S/C80H130N28O24.CH4/c1-10-37(3)60(63(83)118)106-66(121)41(7)96-72(127)52(32-55(81)113)103-69(124)49(22-17-29-92-80(88)89)100-68(123)47(20-15-27-90-78(84)85)98-57(115)35-94-76(131)62(43(9)111)108-70(125)48(21-16-28-91-79(86)87)99-56(114)34-93-67(122)54(36-109)105-65(120)40(6)97-77(132)61(38(4)11-2)107-74(129)51(30-44-18-13-12-14-19-44)102-73(128)53(33-58(116)117)101-64(119)39(5)95-71(126)50(104-75(130)59(82)42(8)110)31-45-23-25-46(112)26-24-45;/h12-14,18-19,23-26,37-43,47-54,59-62,109-112H,10-11,15-17,20-22,27-36,82H2,1-9H3,(H2,81,113)(H2,83,118)(H,93,122)(H,94,131)(H,95,126)(H,96,127)(H,97,132)(H,98,115)(H,99,114)(H,100,123)(H,101,119)(H,102,128)(H,103,124)(H,104,130)(H,105,120)(H,106,121)(H,107,129)(H,108,125)(H,116,117)(H4,84,85,90)(H4,86,87,91)(H4,88,89,92);1H4/t37-,38-,39-,40-,41-,42+,43+,47-,48-,49-,50-,51-,52-,53-,54-,59-,60-,61-,62-;/m0./s1. The number of carbonyl (C=O) groups is 19. The molecule has 742 valence electrons. The highest BCUT2D eigenvalue weighted by Gasteiger charge is 2.39. The monoisotopic (exact) mass is 1880 g/mol. The van der Waals surface area contributed by atoms with Gasteiger partial charge in [-0.15, -0.1) is 0 Å². The number of phenolic OH excluding ortho intramolecular Hbond substituents is 1. The summed E-state index contributed by atoms with van der Waals surface area (Å²) < 4.78 is 0. The van der Waals surface area contributed by atoms with E-state index in [2.05, 4.69) is 101 Å². The Bertz CT molecular complexity index is 4320.